The third-order valence-corrected chi connectivity index (χ3v) is 2.63. The van der Waals surface area contributed by atoms with Crippen molar-refractivity contribution in [2.45, 2.75) is 33.0 Å². The minimum Gasteiger partial charge on any atom is -0.476 e. The van der Waals surface area contributed by atoms with Gasteiger partial charge in [-0.3, -0.25) is 0 Å². The molecular formula is C11H17NO4S. The number of carbonyl (C=O) groups is 1. The van der Waals surface area contributed by atoms with Gasteiger partial charge in [-0.15, -0.1) is 11.3 Å². The van der Waals surface area contributed by atoms with E-state index in [-0.39, 0.29) is 10.6 Å². The van der Waals surface area contributed by atoms with Crippen molar-refractivity contribution in [2.75, 3.05) is 13.2 Å². The zero-order valence-electron chi connectivity index (χ0n) is 10.2. The number of ether oxygens (including phenoxy) is 2. The Hall–Kier alpha value is -0.980. The van der Waals surface area contributed by atoms with Gasteiger partial charge in [0.25, 0.3) is 0 Å². The number of carboxylic acid groups (broad SMARTS) is 1. The van der Waals surface area contributed by atoms with Crippen molar-refractivity contribution in [3.05, 3.63) is 16.1 Å². The second kappa shape index (κ2) is 6.09. The van der Waals surface area contributed by atoms with E-state index in [0.717, 1.165) is 11.3 Å². The number of aromatic carboxylic acids is 1. The number of aromatic nitrogens is 1. The van der Waals surface area contributed by atoms with Crippen LogP contribution >= 0.6 is 11.3 Å². The summed E-state index contributed by atoms with van der Waals surface area (Å²) in [4.78, 5) is 14.5. The minimum absolute atomic E-state index is 0.0922. The highest BCUT2D eigenvalue weighted by Gasteiger charge is 2.10. The molecule has 1 aromatic heterocycles. The van der Waals surface area contributed by atoms with Crippen molar-refractivity contribution in [1.29, 1.82) is 0 Å². The predicted octanol–water partition coefficient (Wildman–Crippen LogP) is 2.17. The molecule has 17 heavy (non-hydrogen) atoms. The Morgan fingerprint density at radius 3 is 2.71 bits per heavy atom. The minimum atomic E-state index is -1.00. The van der Waals surface area contributed by atoms with E-state index in [2.05, 4.69) is 4.98 Å². The zero-order chi connectivity index (χ0) is 12.9. The van der Waals surface area contributed by atoms with E-state index in [1.165, 1.54) is 0 Å². The van der Waals surface area contributed by atoms with E-state index < -0.39 is 5.97 Å². The predicted molar refractivity (Wildman–Crippen MR) is 64.4 cm³/mol. The Kier molecular flexibility index (Phi) is 5.04. The van der Waals surface area contributed by atoms with E-state index in [0.29, 0.717) is 25.5 Å². The lowest BCUT2D eigenvalue weighted by Gasteiger charge is -2.19. The van der Waals surface area contributed by atoms with Crippen molar-refractivity contribution in [3.63, 3.8) is 0 Å². The van der Waals surface area contributed by atoms with Gasteiger partial charge in [0.1, 0.15) is 0 Å². The monoisotopic (exact) mass is 259 g/mol. The maximum Gasteiger partial charge on any atom is 0.365 e. The fourth-order valence-corrected chi connectivity index (χ4v) is 1.69. The molecule has 0 atom stereocenters. The summed E-state index contributed by atoms with van der Waals surface area (Å²) in [6.45, 7) is 7.24. The zero-order valence-corrected chi connectivity index (χ0v) is 11.0. The van der Waals surface area contributed by atoms with Crippen LogP contribution in [0, 0.1) is 0 Å². The van der Waals surface area contributed by atoms with E-state index >= 15 is 0 Å². The molecule has 0 amide bonds. The highest BCUT2D eigenvalue weighted by Crippen LogP contribution is 2.10. The lowest BCUT2D eigenvalue weighted by atomic mass is 10.2. The normalized spacial score (nSPS) is 11.7. The number of nitrogens with zero attached hydrogens (tertiary/aromatic N) is 1. The first-order valence-corrected chi connectivity index (χ1v) is 6.16. The van der Waals surface area contributed by atoms with Crippen molar-refractivity contribution in [1.82, 2.24) is 4.98 Å². The van der Waals surface area contributed by atoms with Crippen molar-refractivity contribution < 1.29 is 19.4 Å². The van der Waals surface area contributed by atoms with E-state index in [1.807, 2.05) is 20.8 Å². The molecule has 0 spiro atoms. The quantitative estimate of drug-likeness (QED) is 0.793. The summed E-state index contributed by atoms with van der Waals surface area (Å²) in [6.07, 6.45) is 0. The Morgan fingerprint density at radius 1 is 1.47 bits per heavy atom. The third-order valence-electron chi connectivity index (χ3n) is 1.75. The van der Waals surface area contributed by atoms with Gasteiger partial charge in [-0.25, -0.2) is 9.78 Å². The summed E-state index contributed by atoms with van der Waals surface area (Å²) in [5, 5.41) is 10.5. The van der Waals surface area contributed by atoms with E-state index in [4.69, 9.17) is 14.6 Å². The SMILES string of the molecule is CC(C)(C)OCCOCc1csc(C(=O)O)n1. The lowest BCUT2D eigenvalue weighted by Crippen LogP contribution is -2.21. The first-order valence-electron chi connectivity index (χ1n) is 5.28. The summed E-state index contributed by atoms with van der Waals surface area (Å²) in [6, 6.07) is 0. The summed E-state index contributed by atoms with van der Waals surface area (Å²) < 4.78 is 10.8. The highest BCUT2D eigenvalue weighted by atomic mass is 32.1. The van der Waals surface area contributed by atoms with Crippen LogP contribution in [-0.4, -0.2) is 34.9 Å². The molecule has 0 unspecified atom stereocenters. The van der Waals surface area contributed by atoms with Crippen LogP contribution in [0.2, 0.25) is 0 Å². The molecule has 1 N–H and O–H groups in total. The van der Waals surface area contributed by atoms with Gasteiger partial charge in [-0.2, -0.15) is 0 Å². The van der Waals surface area contributed by atoms with Gasteiger partial charge >= 0.3 is 5.97 Å². The highest BCUT2D eigenvalue weighted by molar-refractivity contribution is 7.11. The van der Waals surface area contributed by atoms with Gasteiger partial charge in [0.2, 0.25) is 5.01 Å². The molecule has 1 rings (SSSR count). The summed E-state index contributed by atoms with van der Waals surface area (Å²) in [5.41, 5.74) is 0.476. The number of carboxylic acids is 1. The number of hydrogen-bond acceptors (Lipinski definition) is 5. The molecule has 0 saturated carbocycles. The molecule has 1 heterocycles. The molecular weight excluding hydrogens is 242 g/mol. The maximum absolute atomic E-state index is 10.6. The van der Waals surface area contributed by atoms with Crippen LogP contribution in [0.3, 0.4) is 0 Å². The average Bonchev–Trinajstić information content (AvgIpc) is 2.64. The van der Waals surface area contributed by atoms with Gasteiger partial charge in [0.05, 0.1) is 31.1 Å². The number of rotatable bonds is 6. The Balaban J connectivity index is 2.20. The molecule has 0 fully saturated rings. The van der Waals surface area contributed by atoms with Crippen LogP contribution in [0.4, 0.5) is 0 Å². The number of hydrogen-bond donors (Lipinski definition) is 1. The van der Waals surface area contributed by atoms with Gasteiger partial charge < -0.3 is 14.6 Å². The van der Waals surface area contributed by atoms with Crippen molar-refractivity contribution in [3.8, 4) is 0 Å². The van der Waals surface area contributed by atoms with Crippen molar-refractivity contribution in [2.24, 2.45) is 0 Å². The standard InChI is InChI=1S/C11H17NO4S/c1-11(2,3)16-5-4-15-6-8-7-17-9(12-8)10(13)14/h7H,4-6H2,1-3H3,(H,13,14). The second-order valence-corrected chi connectivity index (χ2v) is 5.32. The molecule has 0 aliphatic rings. The topological polar surface area (TPSA) is 68.7 Å². The van der Waals surface area contributed by atoms with Gasteiger partial charge in [-0.05, 0) is 20.8 Å². The van der Waals surface area contributed by atoms with Crippen LogP contribution in [0.15, 0.2) is 5.38 Å². The van der Waals surface area contributed by atoms with Crippen LogP contribution in [0.1, 0.15) is 36.3 Å². The fourth-order valence-electron chi connectivity index (χ4n) is 1.06. The van der Waals surface area contributed by atoms with Gasteiger partial charge in [-0.1, -0.05) is 0 Å². The molecule has 6 heteroatoms. The van der Waals surface area contributed by atoms with E-state index in [9.17, 15) is 4.79 Å². The molecule has 0 radical (unpaired) electrons. The van der Waals surface area contributed by atoms with Gasteiger partial charge in [0, 0.05) is 5.38 Å². The second-order valence-electron chi connectivity index (χ2n) is 4.46. The molecule has 0 aliphatic carbocycles. The Labute approximate surface area is 104 Å². The van der Waals surface area contributed by atoms with Crippen molar-refractivity contribution >= 4 is 17.3 Å². The lowest BCUT2D eigenvalue weighted by molar-refractivity contribution is -0.0380. The largest absolute Gasteiger partial charge is 0.476 e. The van der Waals surface area contributed by atoms with Gasteiger partial charge in [0.15, 0.2) is 0 Å². The maximum atomic E-state index is 10.6. The Morgan fingerprint density at radius 2 is 2.18 bits per heavy atom. The summed E-state index contributed by atoms with van der Waals surface area (Å²) >= 11 is 1.10. The number of thiazole rings is 1. The summed E-state index contributed by atoms with van der Waals surface area (Å²) in [7, 11) is 0. The average molecular weight is 259 g/mol. The molecule has 0 bridgehead atoms. The molecule has 0 saturated heterocycles. The third kappa shape index (κ3) is 5.76. The first-order chi connectivity index (χ1) is 7.88. The van der Waals surface area contributed by atoms with Crippen LogP contribution < -0.4 is 0 Å². The fraction of sp³-hybridized carbons (Fsp3) is 0.636. The molecule has 1 aromatic rings. The molecule has 0 aromatic carbocycles. The van der Waals surface area contributed by atoms with Crippen LogP contribution in [-0.2, 0) is 16.1 Å². The molecule has 96 valence electrons. The first kappa shape index (κ1) is 14.1. The molecule has 0 aliphatic heterocycles. The van der Waals surface area contributed by atoms with Crippen LogP contribution in [0.5, 0.6) is 0 Å². The van der Waals surface area contributed by atoms with E-state index in [1.54, 1.807) is 5.38 Å². The molecule has 5 nitrogen and oxygen atoms in total. The Bertz CT molecular complexity index is 370. The van der Waals surface area contributed by atoms with Crippen LogP contribution in [0.25, 0.3) is 0 Å². The smallest absolute Gasteiger partial charge is 0.365 e. The summed E-state index contributed by atoms with van der Waals surface area (Å²) in [5.74, 6) is -1.00.